The molecule has 1 saturated carbocycles. The summed E-state index contributed by atoms with van der Waals surface area (Å²) in [5.74, 6) is -0.0457. The van der Waals surface area contributed by atoms with Gasteiger partial charge in [0, 0.05) is 17.8 Å². The highest BCUT2D eigenvalue weighted by Crippen LogP contribution is 2.45. The zero-order chi connectivity index (χ0) is 14.3. The van der Waals surface area contributed by atoms with Crippen molar-refractivity contribution in [3.05, 3.63) is 66.0 Å². The van der Waals surface area contributed by atoms with Crippen molar-refractivity contribution in [2.45, 2.75) is 18.4 Å². The van der Waals surface area contributed by atoms with E-state index >= 15 is 0 Å². The number of fused-ring (bicyclic) bond motifs is 1. The molecule has 1 fully saturated rings. The van der Waals surface area contributed by atoms with Crippen LogP contribution in [0.1, 0.15) is 28.8 Å². The predicted octanol–water partition coefficient (Wildman–Crippen LogP) is 2.98. The van der Waals surface area contributed by atoms with E-state index in [-0.39, 0.29) is 11.4 Å². The lowest BCUT2D eigenvalue weighted by molar-refractivity contribution is 0.0932. The summed E-state index contributed by atoms with van der Waals surface area (Å²) in [6.45, 7) is 0. The van der Waals surface area contributed by atoms with Gasteiger partial charge in [-0.05, 0) is 30.5 Å². The van der Waals surface area contributed by atoms with E-state index in [2.05, 4.69) is 27.4 Å². The fraction of sp³-hybridized carbons (Fsp3) is 0.176. The molecule has 1 aliphatic carbocycles. The highest BCUT2D eigenvalue weighted by atomic mass is 16.1. The van der Waals surface area contributed by atoms with Crippen molar-refractivity contribution in [2.75, 3.05) is 0 Å². The first-order chi connectivity index (χ1) is 10.3. The molecule has 2 N–H and O–H groups in total. The maximum Gasteiger partial charge on any atom is 0.254 e. The van der Waals surface area contributed by atoms with Crippen LogP contribution in [0, 0.1) is 0 Å². The Morgan fingerprint density at radius 1 is 1.14 bits per heavy atom. The number of nitrogens with zero attached hydrogens (tertiary/aromatic N) is 1. The zero-order valence-electron chi connectivity index (χ0n) is 11.5. The number of hydrogen-bond donors (Lipinski definition) is 2. The number of aromatic nitrogens is 2. The van der Waals surface area contributed by atoms with Crippen molar-refractivity contribution in [3.63, 3.8) is 0 Å². The molecule has 0 spiro atoms. The zero-order valence-corrected chi connectivity index (χ0v) is 11.5. The third-order valence-electron chi connectivity index (χ3n) is 4.12. The Morgan fingerprint density at radius 3 is 2.71 bits per heavy atom. The second kappa shape index (κ2) is 4.45. The summed E-state index contributed by atoms with van der Waals surface area (Å²) in [4.78, 5) is 19.9. The SMILES string of the molecule is O=C(NC1(c2ccccc2)CC1)c1c[nH]c2ncccc12. The van der Waals surface area contributed by atoms with Gasteiger partial charge in [-0.3, -0.25) is 4.79 Å². The lowest BCUT2D eigenvalue weighted by Crippen LogP contribution is -2.34. The standard InChI is InChI=1S/C17H15N3O/c21-16(14-11-19-15-13(14)7-4-10-18-15)20-17(8-9-17)12-5-2-1-3-6-12/h1-7,10-11H,8-9H2,(H,18,19)(H,20,21). The molecule has 104 valence electrons. The van der Waals surface area contributed by atoms with Crippen LogP contribution in [0.5, 0.6) is 0 Å². The molecule has 1 aliphatic rings. The molecule has 1 aromatic carbocycles. The van der Waals surface area contributed by atoms with E-state index < -0.39 is 0 Å². The number of aromatic amines is 1. The summed E-state index contributed by atoms with van der Waals surface area (Å²) >= 11 is 0. The van der Waals surface area contributed by atoms with Gasteiger partial charge >= 0.3 is 0 Å². The molecule has 3 aromatic rings. The van der Waals surface area contributed by atoms with E-state index in [1.807, 2.05) is 30.3 Å². The number of rotatable bonds is 3. The molecule has 0 radical (unpaired) electrons. The van der Waals surface area contributed by atoms with Gasteiger partial charge in [0.05, 0.1) is 11.1 Å². The van der Waals surface area contributed by atoms with Gasteiger partial charge in [0.25, 0.3) is 5.91 Å². The minimum atomic E-state index is -0.190. The number of pyridine rings is 1. The summed E-state index contributed by atoms with van der Waals surface area (Å²) < 4.78 is 0. The van der Waals surface area contributed by atoms with Gasteiger partial charge < -0.3 is 10.3 Å². The van der Waals surface area contributed by atoms with Gasteiger partial charge in [-0.25, -0.2) is 4.98 Å². The number of benzene rings is 1. The fourth-order valence-electron chi connectivity index (χ4n) is 2.80. The van der Waals surface area contributed by atoms with Crippen molar-refractivity contribution in [3.8, 4) is 0 Å². The molecule has 2 heterocycles. The molecular weight excluding hydrogens is 262 g/mol. The molecule has 1 amide bonds. The highest BCUT2D eigenvalue weighted by Gasteiger charge is 2.45. The Kier molecular flexibility index (Phi) is 2.57. The van der Waals surface area contributed by atoms with Crippen molar-refractivity contribution >= 4 is 16.9 Å². The molecule has 0 bridgehead atoms. The molecule has 4 rings (SSSR count). The van der Waals surface area contributed by atoms with Gasteiger partial charge in [-0.2, -0.15) is 0 Å². The van der Waals surface area contributed by atoms with E-state index in [0.29, 0.717) is 5.56 Å². The topological polar surface area (TPSA) is 57.8 Å². The van der Waals surface area contributed by atoms with Crippen LogP contribution in [0.15, 0.2) is 54.9 Å². The summed E-state index contributed by atoms with van der Waals surface area (Å²) in [6.07, 6.45) is 5.42. The Morgan fingerprint density at radius 2 is 1.95 bits per heavy atom. The number of H-pyrrole nitrogens is 1. The summed E-state index contributed by atoms with van der Waals surface area (Å²) in [6, 6.07) is 13.9. The third kappa shape index (κ3) is 2.00. The average Bonchev–Trinajstić information content (AvgIpc) is 3.18. The van der Waals surface area contributed by atoms with E-state index in [1.165, 1.54) is 5.56 Å². The first-order valence-electron chi connectivity index (χ1n) is 7.09. The van der Waals surface area contributed by atoms with E-state index in [4.69, 9.17) is 0 Å². The van der Waals surface area contributed by atoms with E-state index in [1.54, 1.807) is 12.4 Å². The van der Waals surface area contributed by atoms with Gasteiger partial charge in [0.2, 0.25) is 0 Å². The average molecular weight is 277 g/mol. The van der Waals surface area contributed by atoms with Crippen LogP contribution in [-0.4, -0.2) is 15.9 Å². The summed E-state index contributed by atoms with van der Waals surface area (Å²) in [5.41, 5.74) is 2.38. The van der Waals surface area contributed by atoms with Gasteiger partial charge in [0.1, 0.15) is 5.65 Å². The van der Waals surface area contributed by atoms with Crippen LogP contribution in [0.2, 0.25) is 0 Å². The maximum absolute atomic E-state index is 12.6. The molecule has 0 atom stereocenters. The van der Waals surface area contributed by atoms with Crippen molar-refractivity contribution in [1.29, 1.82) is 0 Å². The smallest absolute Gasteiger partial charge is 0.254 e. The normalized spacial score (nSPS) is 15.8. The predicted molar refractivity (Wildman–Crippen MR) is 80.9 cm³/mol. The van der Waals surface area contributed by atoms with Crippen LogP contribution >= 0.6 is 0 Å². The lowest BCUT2D eigenvalue weighted by Gasteiger charge is -2.17. The van der Waals surface area contributed by atoms with Crippen molar-refractivity contribution < 1.29 is 4.79 Å². The van der Waals surface area contributed by atoms with Gasteiger partial charge in [-0.15, -0.1) is 0 Å². The van der Waals surface area contributed by atoms with Crippen LogP contribution in [0.25, 0.3) is 11.0 Å². The van der Waals surface area contributed by atoms with Gasteiger partial charge in [-0.1, -0.05) is 30.3 Å². The van der Waals surface area contributed by atoms with Gasteiger partial charge in [0.15, 0.2) is 0 Å². The van der Waals surface area contributed by atoms with Crippen LogP contribution in [0.3, 0.4) is 0 Å². The Bertz CT molecular complexity index is 803. The number of carbonyl (C=O) groups excluding carboxylic acids is 1. The first kappa shape index (κ1) is 12.1. The number of amides is 1. The number of carbonyl (C=O) groups is 1. The quantitative estimate of drug-likeness (QED) is 0.773. The Balaban J connectivity index is 1.65. The molecule has 0 unspecified atom stereocenters. The molecule has 4 heteroatoms. The molecule has 0 saturated heterocycles. The molecule has 2 aromatic heterocycles. The fourth-order valence-corrected chi connectivity index (χ4v) is 2.80. The van der Waals surface area contributed by atoms with Crippen molar-refractivity contribution in [1.82, 2.24) is 15.3 Å². The highest BCUT2D eigenvalue weighted by molar-refractivity contribution is 6.06. The Hall–Kier alpha value is -2.62. The minimum Gasteiger partial charge on any atom is -0.345 e. The van der Waals surface area contributed by atoms with Crippen LogP contribution in [0.4, 0.5) is 0 Å². The Labute approximate surface area is 122 Å². The molecule has 0 aliphatic heterocycles. The van der Waals surface area contributed by atoms with E-state index in [0.717, 1.165) is 23.9 Å². The van der Waals surface area contributed by atoms with Crippen molar-refractivity contribution in [2.24, 2.45) is 0 Å². The summed E-state index contributed by atoms with van der Waals surface area (Å²) in [5, 5.41) is 4.05. The second-order valence-electron chi connectivity index (χ2n) is 5.50. The minimum absolute atomic E-state index is 0.0457. The maximum atomic E-state index is 12.6. The number of hydrogen-bond acceptors (Lipinski definition) is 2. The monoisotopic (exact) mass is 277 g/mol. The molecule has 21 heavy (non-hydrogen) atoms. The summed E-state index contributed by atoms with van der Waals surface area (Å²) in [7, 11) is 0. The first-order valence-corrected chi connectivity index (χ1v) is 7.09. The number of nitrogens with one attached hydrogen (secondary N) is 2. The molecule has 4 nitrogen and oxygen atoms in total. The van der Waals surface area contributed by atoms with Crippen LogP contribution < -0.4 is 5.32 Å². The largest absolute Gasteiger partial charge is 0.345 e. The second-order valence-corrected chi connectivity index (χ2v) is 5.50. The third-order valence-corrected chi connectivity index (χ3v) is 4.12. The molecular formula is C17H15N3O. The van der Waals surface area contributed by atoms with Crippen LogP contribution in [-0.2, 0) is 5.54 Å². The lowest BCUT2D eigenvalue weighted by atomic mass is 10.0. The van der Waals surface area contributed by atoms with E-state index in [9.17, 15) is 4.79 Å².